The van der Waals surface area contributed by atoms with Crippen LogP contribution in [0.15, 0.2) is 0 Å². The van der Waals surface area contributed by atoms with Gasteiger partial charge in [-0.05, 0) is 27.7 Å². The Morgan fingerprint density at radius 3 is 2.67 bits per heavy atom. The number of amides is 1. The van der Waals surface area contributed by atoms with Gasteiger partial charge >= 0.3 is 0 Å². The minimum atomic E-state index is -0.523. The lowest BCUT2D eigenvalue weighted by Gasteiger charge is -2.39. The maximum Gasteiger partial charge on any atom is 0.261 e. The SMILES string of the molecule is CC(C)Oc1c(N2CCOC(C)(C)C2)sc(C(N)=O)c1N. The van der Waals surface area contributed by atoms with E-state index in [2.05, 4.69) is 4.90 Å². The fourth-order valence-electron chi connectivity index (χ4n) is 2.35. The Balaban J connectivity index is 2.41. The Labute approximate surface area is 129 Å². The lowest BCUT2D eigenvalue weighted by atomic mass is 10.1. The molecule has 2 heterocycles. The van der Waals surface area contributed by atoms with E-state index < -0.39 is 5.91 Å². The number of hydrogen-bond acceptors (Lipinski definition) is 6. The molecule has 0 unspecified atom stereocenters. The first-order valence-corrected chi connectivity index (χ1v) is 7.80. The predicted molar refractivity (Wildman–Crippen MR) is 85.3 cm³/mol. The average molecular weight is 313 g/mol. The maximum atomic E-state index is 11.5. The molecule has 21 heavy (non-hydrogen) atoms. The summed E-state index contributed by atoms with van der Waals surface area (Å²) in [7, 11) is 0. The molecule has 118 valence electrons. The summed E-state index contributed by atoms with van der Waals surface area (Å²) in [4.78, 5) is 14.0. The molecule has 6 nitrogen and oxygen atoms in total. The van der Waals surface area contributed by atoms with Crippen molar-refractivity contribution in [2.75, 3.05) is 30.3 Å². The van der Waals surface area contributed by atoms with E-state index in [4.69, 9.17) is 20.9 Å². The first-order valence-electron chi connectivity index (χ1n) is 6.99. The molecule has 1 aromatic rings. The van der Waals surface area contributed by atoms with Crippen LogP contribution < -0.4 is 21.1 Å². The number of nitrogen functional groups attached to an aromatic ring is 1. The number of hydrogen-bond donors (Lipinski definition) is 2. The number of carbonyl (C=O) groups excluding carboxylic acids is 1. The van der Waals surface area contributed by atoms with E-state index in [1.807, 2.05) is 27.7 Å². The molecule has 0 radical (unpaired) electrons. The van der Waals surface area contributed by atoms with Gasteiger partial charge in [-0.25, -0.2) is 0 Å². The van der Waals surface area contributed by atoms with Crippen molar-refractivity contribution in [2.24, 2.45) is 5.73 Å². The van der Waals surface area contributed by atoms with Crippen molar-refractivity contribution < 1.29 is 14.3 Å². The Morgan fingerprint density at radius 2 is 2.14 bits per heavy atom. The second-order valence-electron chi connectivity index (χ2n) is 6.04. The molecule has 7 heteroatoms. The van der Waals surface area contributed by atoms with Gasteiger partial charge in [-0.2, -0.15) is 0 Å². The fourth-order valence-corrected chi connectivity index (χ4v) is 3.38. The highest BCUT2D eigenvalue weighted by Gasteiger charge is 2.32. The van der Waals surface area contributed by atoms with Crippen molar-refractivity contribution >= 4 is 27.9 Å². The number of primary amides is 1. The maximum absolute atomic E-state index is 11.5. The van der Waals surface area contributed by atoms with Gasteiger partial charge in [0.2, 0.25) is 0 Å². The van der Waals surface area contributed by atoms with Crippen molar-refractivity contribution in [1.82, 2.24) is 0 Å². The van der Waals surface area contributed by atoms with Gasteiger partial charge in [-0.3, -0.25) is 4.79 Å². The molecule has 1 aliphatic heterocycles. The van der Waals surface area contributed by atoms with Gasteiger partial charge in [0.1, 0.15) is 15.6 Å². The first-order chi connectivity index (χ1) is 9.71. The summed E-state index contributed by atoms with van der Waals surface area (Å²) in [6, 6.07) is 0. The van der Waals surface area contributed by atoms with E-state index in [-0.39, 0.29) is 11.7 Å². The van der Waals surface area contributed by atoms with Crippen LogP contribution in [0.2, 0.25) is 0 Å². The highest BCUT2D eigenvalue weighted by atomic mass is 32.1. The first kappa shape index (κ1) is 15.9. The van der Waals surface area contributed by atoms with Crippen LogP contribution in [0, 0.1) is 0 Å². The quantitative estimate of drug-likeness (QED) is 0.885. The number of rotatable bonds is 4. The molecule has 2 rings (SSSR count). The molecule has 0 spiro atoms. The second kappa shape index (κ2) is 5.73. The van der Waals surface area contributed by atoms with E-state index in [1.54, 1.807) is 0 Å². The summed E-state index contributed by atoms with van der Waals surface area (Å²) in [6.07, 6.45) is -0.0320. The number of ether oxygens (including phenoxy) is 2. The largest absolute Gasteiger partial charge is 0.486 e. The molecular weight excluding hydrogens is 290 g/mol. The summed E-state index contributed by atoms with van der Waals surface area (Å²) in [5.74, 6) is 0.0337. The molecule has 0 aromatic carbocycles. The summed E-state index contributed by atoms with van der Waals surface area (Å²) in [6.45, 7) is 9.98. The molecule has 1 saturated heterocycles. The normalized spacial score (nSPS) is 18.0. The van der Waals surface area contributed by atoms with Gasteiger partial charge in [0.05, 0.1) is 18.3 Å². The zero-order valence-corrected chi connectivity index (χ0v) is 13.8. The van der Waals surface area contributed by atoms with Gasteiger partial charge in [0.25, 0.3) is 5.91 Å². The second-order valence-corrected chi connectivity index (χ2v) is 7.04. The standard InChI is InChI=1S/C14H23N3O3S/c1-8(2)20-10-9(15)11(12(16)18)21-13(10)17-5-6-19-14(3,4)7-17/h8H,5-7,15H2,1-4H3,(H2,16,18). The third kappa shape index (κ3) is 3.41. The third-order valence-electron chi connectivity index (χ3n) is 3.17. The van der Waals surface area contributed by atoms with Gasteiger partial charge in [0, 0.05) is 13.1 Å². The van der Waals surface area contributed by atoms with Crippen molar-refractivity contribution in [3.63, 3.8) is 0 Å². The number of nitrogens with zero attached hydrogens (tertiary/aromatic N) is 1. The van der Waals surface area contributed by atoms with E-state index in [1.165, 1.54) is 11.3 Å². The number of thiophene rings is 1. The highest BCUT2D eigenvalue weighted by Crippen LogP contribution is 2.46. The van der Waals surface area contributed by atoms with Crippen LogP contribution in [0.25, 0.3) is 0 Å². The van der Waals surface area contributed by atoms with Crippen molar-refractivity contribution in [3.8, 4) is 5.75 Å². The van der Waals surface area contributed by atoms with E-state index >= 15 is 0 Å². The Kier molecular flexibility index (Phi) is 4.34. The summed E-state index contributed by atoms with van der Waals surface area (Å²) in [5, 5.41) is 0.853. The monoisotopic (exact) mass is 313 g/mol. The Bertz CT molecular complexity index is 540. The lowest BCUT2D eigenvalue weighted by molar-refractivity contribution is -0.0276. The molecule has 1 amide bonds. The molecular formula is C14H23N3O3S. The number of morpholine rings is 1. The topological polar surface area (TPSA) is 90.8 Å². The molecule has 1 aliphatic rings. The smallest absolute Gasteiger partial charge is 0.261 e. The lowest BCUT2D eigenvalue weighted by Crippen LogP contribution is -2.48. The van der Waals surface area contributed by atoms with Gasteiger partial charge < -0.3 is 25.8 Å². The molecule has 1 aromatic heterocycles. The van der Waals surface area contributed by atoms with Crippen molar-refractivity contribution in [2.45, 2.75) is 39.4 Å². The van der Waals surface area contributed by atoms with Gasteiger partial charge in [-0.1, -0.05) is 0 Å². The van der Waals surface area contributed by atoms with Crippen LogP contribution in [-0.4, -0.2) is 37.3 Å². The van der Waals surface area contributed by atoms with Crippen molar-refractivity contribution in [1.29, 1.82) is 0 Å². The highest BCUT2D eigenvalue weighted by molar-refractivity contribution is 7.19. The molecule has 4 N–H and O–H groups in total. The predicted octanol–water partition coefficient (Wildman–Crippen LogP) is 1.83. The number of carbonyl (C=O) groups is 1. The van der Waals surface area contributed by atoms with Crippen LogP contribution in [0.3, 0.4) is 0 Å². The van der Waals surface area contributed by atoms with Gasteiger partial charge in [-0.15, -0.1) is 11.3 Å². The average Bonchev–Trinajstić information content (AvgIpc) is 2.65. The molecule has 0 atom stereocenters. The van der Waals surface area contributed by atoms with Crippen LogP contribution in [0.5, 0.6) is 5.75 Å². The minimum Gasteiger partial charge on any atom is -0.486 e. The fraction of sp³-hybridized carbons (Fsp3) is 0.643. The van der Waals surface area contributed by atoms with E-state index in [0.717, 1.165) is 11.5 Å². The summed E-state index contributed by atoms with van der Waals surface area (Å²) >= 11 is 1.29. The Hall–Kier alpha value is -1.47. The van der Waals surface area contributed by atoms with Crippen LogP contribution in [0.1, 0.15) is 37.4 Å². The molecule has 0 saturated carbocycles. The summed E-state index contributed by atoms with van der Waals surface area (Å²) < 4.78 is 11.5. The zero-order valence-electron chi connectivity index (χ0n) is 12.9. The van der Waals surface area contributed by atoms with Crippen LogP contribution in [0.4, 0.5) is 10.7 Å². The third-order valence-corrected chi connectivity index (χ3v) is 4.43. The number of anilines is 2. The van der Waals surface area contributed by atoms with E-state index in [9.17, 15) is 4.79 Å². The molecule has 1 fully saturated rings. The Morgan fingerprint density at radius 1 is 1.48 bits per heavy atom. The van der Waals surface area contributed by atoms with Gasteiger partial charge in [0.15, 0.2) is 5.75 Å². The molecule has 0 bridgehead atoms. The van der Waals surface area contributed by atoms with Crippen LogP contribution >= 0.6 is 11.3 Å². The zero-order chi connectivity index (χ0) is 15.8. The number of nitrogens with two attached hydrogens (primary N) is 2. The summed E-state index contributed by atoms with van der Waals surface area (Å²) in [5.41, 5.74) is 11.5. The van der Waals surface area contributed by atoms with E-state index in [0.29, 0.717) is 29.5 Å². The van der Waals surface area contributed by atoms with Crippen molar-refractivity contribution in [3.05, 3.63) is 4.88 Å². The van der Waals surface area contributed by atoms with Crippen LogP contribution in [-0.2, 0) is 4.74 Å². The minimum absolute atomic E-state index is 0.0320. The molecule has 0 aliphatic carbocycles.